The number of likely N-dealkylation sites (tertiary alicyclic amines) is 1. The fraction of sp³-hybridized carbons (Fsp3) is 0.632. The smallest absolute Gasteiger partial charge is 0.191 e. The van der Waals surface area contributed by atoms with Crippen LogP contribution in [0.5, 0.6) is 0 Å². The molecule has 1 aliphatic heterocycles. The number of nitrogens with zero attached hydrogens (tertiary/aromatic N) is 2. The van der Waals surface area contributed by atoms with E-state index in [-0.39, 0.29) is 24.0 Å². The van der Waals surface area contributed by atoms with Gasteiger partial charge in [0, 0.05) is 26.7 Å². The predicted octanol–water partition coefficient (Wildman–Crippen LogP) is 3.76. The summed E-state index contributed by atoms with van der Waals surface area (Å²) in [5.41, 5.74) is 2.74. The van der Waals surface area contributed by atoms with Crippen LogP contribution >= 0.6 is 24.0 Å². The standard InChI is InChI=1S/C19H32N4.HI/c1-3-11-21-19(20-2)22-15-17-9-8-10-18(14-17)16-23-12-6-4-5-7-13-23;/h8-10,14H,3-7,11-13,15-16H2,1-2H3,(H2,20,21,22);1H. The van der Waals surface area contributed by atoms with Gasteiger partial charge in [-0.25, -0.2) is 0 Å². The van der Waals surface area contributed by atoms with Crippen LogP contribution in [0.15, 0.2) is 29.3 Å². The lowest BCUT2D eigenvalue weighted by Gasteiger charge is -2.20. The Hall–Kier alpha value is -0.820. The van der Waals surface area contributed by atoms with Crippen LogP contribution in [-0.2, 0) is 13.1 Å². The highest BCUT2D eigenvalue weighted by molar-refractivity contribution is 14.0. The zero-order valence-electron chi connectivity index (χ0n) is 15.2. The van der Waals surface area contributed by atoms with Gasteiger partial charge in [-0.2, -0.15) is 0 Å². The molecule has 5 heteroatoms. The van der Waals surface area contributed by atoms with Gasteiger partial charge < -0.3 is 10.6 Å². The first-order valence-electron chi connectivity index (χ1n) is 9.06. The summed E-state index contributed by atoms with van der Waals surface area (Å²) < 4.78 is 0. The molecule has 1 aromatic carbocycles. The Morgan fingerprint density at radius 3 is 2.46 bits per heavy atom. The summed E-state index contributed by atoms with van der Waals surface area (Å²) in [5, 5.41) is 6.69. The molecule has 24 heavy (non-hydrogen) atoms. The number of guanidine groups is 1. The molecule has 2 N–H and O–H groups in total. The molecule has 0 saturated carbocycles. The first kappa shape index (κ1) is 21.2. The van der Waals surface area contributed by atoms with Gasteiger partial charge in [0.05, 0.1) is 0 Å². The second-order valence-corrected chi connectivity index (χ2v) is 6.36. The first-order valence-corrected chi connectivity index (χ1v) is 9.06. The average molecular weight is 444 g/mol. The van der Waals surface area contributed by atoms with Gasteiger partial charge in [0.25, 0.3) is 0 Å². The van der Waals surface area contributed by atoms with Gasteiger partial charge in [-0.3, -0.25) is 9.89 Å². The Kier molecular flexibility index (Phi) is 11.1. The fourth-order valence-corrected chi connectivity index (χ4v) is 3.04. The van der Waals surface area contributed by atoms with Crippen LogP contribution in [0.4, 0.5) is 0 Å². The van der Waals surface area contributed by atoms with Crippen LogP contribution in [0.25, 0.3) is 0 Å². The quantitative estimate of drug-likeness (QED) is 0.399. The van der Waals surface area contributed by atoms with Crippen molar-refractivity contribution in [1.29, 1.82) is 0 Å². The number of rotatable bonds is 6. The molecule has 0 bridgehead atoms. The lowest BCUT2D eigenvalue weighted by Crippen LogP contribution is -2.37. The highest BCUT2D eigenvalue weighted by Crippen LogP contribution is 2.14. The molecular weight excluding hydrogens is 411 g/mol. The third-order valence-corrected chi connectivity index (χ3v) is 4.32. The molecule has 136 valence electrons. The maximum Gasteiger partial charge on any atom is 0.191 e. The Morgan fingerprint density at radius 1 is 1.08 bits per heavy atom. The Bertz CT molecular complexity index is 482. The first-order chi connectivity index (χ1) is 11.3. The number of hydrogen-bond donors (Lipinski definition) is 2. The van der Waals surface area contributed by atoms with Crippen LogP contribution in [0.3, 0.4) is 0 Å². The minimum Gasteiger partial charge on any atom is -0.356 e. The molecule has 1 heterocycles. The van der Waals surface area contributed by atoms with E-state index < -0.39 is 0 Å². The number of aliphatic imine (C=N–C) groups is 1. The summed E-state index contributed by atoms with van der Waals surface area (Å²) in [4.78, 5) is 6.85. The number of halogens is 1. The van der Waals surface area contributed by atoms with Crippen molar-refractivity contribution in [2.75, 3.05) is 26.7 Å². The highest BCUT2D eigenvalue weighted by Gasteiger charge is 2.09. The van der Waals surface area contributed by atoms with Gasteiger partial charge in [0.15, 0.2) is 5.96 Å². The third kappa shape index (κ3) is 7.83. The third-order valence-electron chi connectivity index (χ3n) is 4.32. The molecule has 1 aromatic rings. The lowest BCUT2D eigenvalue weighted by atomic mass is 10.1. The number of benzene rings is 1. The van der Waals surface area contributed by atoms with Crippen molar-refractivity contribution in [3.05, 3.63) is 35.4 Å². The minimum absolute atomic E-state index is 0. The normalized spacial score (nSPS) is 16.2. The molecule has 1 saturated heterocycles. The molecular formula is C19H33IN4. The Labute approximate surface area is 164 Å². The summed E-state index contributed by atoms with van der Waals surface area (Å²) >= 11 is 0. The van der Waals surface area contributed by atoms with E-state index in [4.69, 9.17) is 0 Å². The molecule has 0 atom stereocenters. The largest absolute Gasteiger partial charge is 0.356 e. The molecule has 0 aliphatic carbocycles. The maximum atomic E-state index is 4.25. The highest BCUT2D eigenvalue weighted by atomic mass is 127. The molecule has 0 spiro atoms. The average Bonchev–Trinajstić information content (AvgIpc) is 2.84. The van der Waals surface area contributed by atoms with E-state index in [0.717, 1.165) is 32.0 Å². The molecule has 1 fully saturated rings. The molecule has 0 radical (unpaired) electrons. The molecule has 1 aliphatic rings. The van der Waals surface area contributed by atoms with Crippen molar-refractivity contribution < 1.29 is 0 Å². The van der Waals surface area contributed by atoms with E-state index >= 15 is 0 Å². The summed E-state index contributed by atoms with van der Waals surface area (Å²) in [6.45, 7) is 7.50. The maximum absolute atomic E-state index is 4.25. The zero-order valence-corrected chi connectivity index (χ0v) is 17.5. The van der Waals surface area contributed by atoms with Crippen molar-refractivity contribution >= 4 is 29.9 Å². The van der Waals surface area contributed by atoms with Crippen molar-refractivity contribution in [1.82, 2.24) is 15.5 Å². The van der Waals surface area contributed by atoms with Crippen LogP contribution in [0.2, 0.25) is 0 Å². The topological polar surface area (TPSA) is 39.7 Å². The second kappa shape index (κ2) is 12.5. The Morgan fingerprint density at radius 2 is 1.79 bits per heavy atom. The van der Waals surface area contributed by atoms with Crippen LogP contribution in [0, 0.1) is 0 Å². The Balaban J connectivity index is 0.00000288. The molecule has 4 nitrogen and oxygen atoms in total. The SMILES string of the molecule is CCCNC(=NC)NCc1cccc(CN2CCCCCC2)c1.I. The van der Waals surface area contributed by atoms with Gasteiger partial charge in [-0.05, 0) is 43.5 Å². The summed E-state index contributed by atoms with van der Waals surface area (Å²) in [7, 11) is 1.82. The van der Waals surface area contributed by atoms with E-state index in [2.05, 4.69) is 51.7 Å². The van der Waals surface area contributed by atoms with Crippen molar-refractivity contribution in [2.45, 2.75) is 52.1 Å². The van der Waals surface area contributed by atoms with Crippen molar-refractivity contribution in [3.63, 3.8) is 0 Å². The number of hydrogen-bond acceptors (Lipinski definition) is 2. The number of nitrogens with one attached hydrogen (secondary N) is 2. The molecule has 0 amide bonds. The van der Waals surface area contributed by atoms with Crippen molar-refractivity contribution in [3.8, 4) is 0 Å². The minimum atomic E-state index is 0. The molecule has 0 unspecified atom stereocenters. The predicted molar refractivity (Wildman–Crippen MR) is 114 cm³/mol. The molecule has 0 aromatic heterocycles. The van der Waals surface area contributed by atoms with Gasteiger partial charge in [0.2, 0.25) is 0 Å². The van der Waals surface area contributed by atoms with Crippen molar-refractivity contribution in [2.24, 2.45) is 4.99 Å². The van der Waals surface area contributed by atoms with Crippen LogP contribution in [0.1, 0.15) is 50.2 Å². The molecule has 2 rings (SSSR count). The summed E-state index contributed by atoms with van der Waals surface area (Å²) in [5.74, 6) is 0.879. The lowest BCUT2D eigenvalue weighted by molar-refractivity contribution is 0.277. The van der Waals surface area contributed by atoms with E-state index in [1.165, 1.54) is 49.9 Å². The van der Waals surface area contributed by atoms with Gasteiger partial charge in [-0.1, -0.05) is 44.0 Å². The summed E-state index contributed by atoms with van der Waals surface area (Å²) in [6.07, 6.45) is 6.59. The summed E-state index contributed by atoms with van der Waals surface area (Å²) in [6, 6.07) is 8.93. The monoisotopic (exact) mass is 444 g/mol. The van der Waals surface area contributed by atoms with Gasteiger partial charge >= 0.3 is 0 Å². The van der Waals surface area contributed by atoms with E-state index in [0.29, 0.717) is 0 Å². The van der Waals surface area contributed by atoms with E-state index in [1.54, 1.807) is 0 Å². The zero-order chi connectivity index (χ0) is 16.3. The fourth-order valence-electron chi connectivity index (χ4n) is 3.04. The second-order valence-electron chi connectivity index (χ2n) is 6.36. The van der Waals surface area contributed by atoms with Gasteiger partial charge in [0.1, 0.15) is 0 Å². The van der Waals surface area contributed by atoms with E-state index in [9.17, 15) is 0 Å². The van der Waals surface area contributed by atoms with E-state index in [1.807, 2.05) is 7.05 Å². The van der Waals surface area contributed by atoms with Crippen LogP contribution in [-0.4, -0.2) is 37.5 Å². The van der Waals surface area contributed by atoms with Crippen LogP contribution < -0.4 is 10.6 Å². The van der Waals surface area contributed by atoms with Gasteiger partial charge in [-0.15, -0.1) is 24.0 Å².